The van der Waals surface area contributed by atoms with Crippen LogP contribution in [0.1, 0.15) is 24.1 Å². The normalized spacial score (nSPS) is 12.2. The van der Waals surface area contributed by atoms with Gasteiger partial charge in [0.1, 0.15) is 18.2 Å². The molecule has 5 heteroatoms. The van der Waals surface area contributed by atoms with Gasteiger partial charge in [-0.05, 0) is 47.1 Å². The van der Waals surface area contributed by atoms with Gasteiger partial charge in [0.25, 0.3) is 0 Å². The van der Waals surface area contributed by atoms with E-state index in [-0.39, 0.29) is 18.5 Å². The fourth-order valence-corrected chi connectivity index (χ4v) is 2.58. The molecule has 0 bridgehead atoms. The number of hydrogen-bond donors (Lipinski definition) is 1. The van der Waals surface area contributed by atoms with E-state index in [2.05, 4.69) is 31.9 Å². The lowest BCUT2D eigenvalue weighted by Crippen LogP contribution is -2.08. The second kappa shape index (κ2) is 6.70. The van der Waals surface area contributed by atoms with Crippen molar-refractivity contribution in [2.45, 2.75) is 19.6 Å². The average molecular weight is 403 g/mol. The summed E-state index contributed by atoms with van der Waals surface area (Å²) in [6, 6.07) is 10.4. The first-order valence-electron chi connectivity index (χ1n) is 6.09. The number of halogens is 3. The topological polar surface area (TPSA) is 35.2 Å². The summed E-state index contributed by atoms with van der Waals surface area (Å²) in [6.07, 6.45) is 0. The fourth-order valence-electron chi connectivity index (χ4n) is 1.82. The second-order valence-electron chi connectivity index (χ2n) is 4.47. The number of hydrogen-bond acceptors (Lipinski definition) is 2. The monoisotopic (exact) mass is 401 g/mol. The molecule has 0 aliphatic rings. The molecule has 106 valence electrons. The molecule has 0 spiro atoms. The summed E-state index contributed by atoms with van der Waals surface area (Å²) in [5, 5.41) is 0. The highest BCUT2D eigenvalue weighted by Crippen LogP contribution is 2.29. The first-order chi connectivity index (χ1) is 9.49. The van der Waals surface area contributed by atoms with Gasteiger partial charge in [-0.25, -0.2) is 4.39 Å². The van der Waals surface area contributed by atoms with Gasteiger partial charge in [0.05, 0.1) is 4.47 Å². The van der Waals surface area contributed by atoms with Gasteiger partial charge in [-0.15, -0.1) is 0 Å². The number of nitrogens with two attached hydrogens (primary N) is 1. The highest BCUT2D eigenvalue weighted by atomic mass is 79.9. The third-order valence-electron chi connectivity index (χ3n) is 2.88. The van der Waals surface area contributed by atoms with Gasteiger partial charge in [-0.3, -0.25) is 0 Å². The van der Waals surface area contributed by atoms with Crippen LogP contribution in [0.2, 0.25) is 0 Å². The standard InChI is InChI=1S/C15H14Br2FNO/c1-9(19)12-7-11(16)5-6-14(12)20-8-10-3-2-4-13(18)15(10)17/h2-7,9H,8,19H2,1H3/t9-/m1/s1. The Kier molecular flexibility index (Phi) is 5.18. The van der Waals surface area contributed by atoms with Crippen molar-refractivity contribution in [1.29, 1.82) is 0 Å². The van der Waals surface area contributed by atoms with E-state index in [1.165, 1.54) is 6.07 Å². The molecule has 2 rings (SSSR count). The van der Waals surface area contributed by atoms with Crippen molar-refractivity contribution in [2.24, 2.45) is 5.73 Å². The molecular formula is C15H14Br2FNO. The molecule has 0 aromatic heterocycles. The summed E-state index contributed by atoms with van der Waals surface area (Å²) < 4.78 is 20.6. The second-order valence-corrected chi connectivity index (χ2v) is 6.18. The maximum absolute atomic E-state index is 13.4. The van der Waals surface area contributed by atoms with Gasteiger partial charge < -0.3 is 10.5 Å². The Hall–Kier alpha value is -0.910. The fraction of sp³-hybridized carbons (Fsp3) is 0.200. The van der Waals surface area contributed by atoms with E-state index in [4.69, 9.17) is 10.5 Å². The minimum absolute atomic E-state index is 0.140. The van der Waals surface area contributed by atoms with Crippen LogP contribution in [0.15, 0.2) is 45.3 Å². The van der Waals surface area contributed by atoms with Gasteiger partial charge in [-0.1, -0.05) is 28.1 Å². The lowest BCUT2D eigenvalue weighted by Gasteiger charge is -2.15. The van der Waals surface area contributed by atoms with Crippen molar-refractivity contribution >= 4 is 31.9 Å². The molecule has 0 aliphatic carbocycles. The van der Waals surface area contributed by atoms with Gasteiger partial charge in [0.15, 0.2) is 0 Å². The molecule has 2 aromatic rings. The van der Waals surface area contributed by atoms with E-state index in [0.29, 0.717) is 10.2 Å². The lowest BCUT2D eigenvalue weighted by molar-refractivity contribution is 0.300. The van der Waals surface area contributed by atoms with Crippen LogP contribution in [0.25, 0.3) is 0 Å². The Balaban J connectivity index is 2.21. The van der Waals surface area contributed by atoms with Crippen LogP contribution in [0, 0.1) is 5.82 Å². The third-order valence-corrected chi connectivity index (χ3v) is 4.26. The third kappa shape index (κ3) is 3.59. The zero-order valence-electron chi connectivity index (χ0n) is 10.9. The number of ether oxygens (including phenoxy) is 1. The van der Waals surface area contributed by atoms with Gasteiger partial charge in [-0.2, -0.15) is 0 Å². The number of rotatable bonds is 4. The first-order valence-corrected chi connectivity index (χ1v) is 7.68. The van der Waals surface area contributed by atoms with E-state index in [1.54, 1.807) is 6.07 Å². The van der Waals surface area contributed by atoms with Crippen molar-refractivity contribution in [2.75, 3.05) is 0 Å². The molecule has 1 atom stereocenters. The largest absolute Gasteiger partial charge is 0.489 e. The van der Waals surface area contributed by atoms with Crippen LogP contribution in [-0.2, 0) is 6.61 Å². The van der Waals surface area contributed by atoms with Crippen LogP contribution < -0.4 is 10.5 Å². The SMILES string of the molecule is C[C@@H](N)c1cc(Br)ccc1OCc1cccc(F)c1Br. The molecule has 0 fully saturated rings. The molecule has 0 aliphatic heterocycles. The molecule has 0 saturated carbocycles. The molecule has 0 unspecified atom stereocenters. The number of benzene rings is 2. The Morgan fingerprint density at radius 3 is 2.70 bits per heavy atom. The lowest BCUT2D eigenvalue weighted by atomic mass is 10.1. The maximum atomic E-state index is 13.4. The quantitative estimate of drug-likeness (QED) is 0.785. The van der Waals surface area contributed by atoms with Crippen LogP contribution >= 0.6 is 31.9 Å². The molecule has 0 heterocycles. The predicted molar refractivity (Wildman–Crippen MR) is 85.2 cm³/mol. The molecule has 0 radical (unpaired) electrons. The minimum atomic E-state index is -0.297. The maximum Gasteiger partial charge on any atom is 0.137 e. The summed E-state index contributed by atoms with van der Waals surface area (Å²) in [5.74, 6) is 0.411. The summed E-state index contributed by atoms with van der Waals surface area (Å²) in [6.45, 7) is 2.17. The van der Waals surface area contributed by atoms with Crippen molar-refractivity contribution in [3.63, 3.8) is 0 Å². The van der Waals surface area contributed by atoms with Crippen LogP contribution in [0.4, 0.5) is 4.39 Å². The van der Waals surface area contributed by atoms with Gasteiger partial charge in [0, 0.05) is 21.6 Å². The molecule has 2 nitrogen and oxygen atoms in total. The van der Waals surface area contributed by atoms with E-state index in [9.17, 15) is 4.39 Å². The van der Waals surface area contributed by atoms with Crippen molar-refractivity contribution < 1.29 is 9.13 Å². The van der Waals surface area contributed by atoms with Crippen molar-refractivity contribution in [3.8, 4) is 5.75 Å². The Morgan fingerprint density at radius 1 is 1.25 bits per heavy atom. The summed E-state index contributed by atoms with van der Waals surface area (Å²) in [4.78, 5) is 0. The Labute approximate surface area is 134 Å². The van der Waals surface area contributed by atoms with Crippen LogP contribution in [0.3, 0.4) is 0 Å². The Bertz CT molecular complexity index is 617. The minimum Gasteiger partial charge on any atom is -0.489 e. The van der Waals surface area contributed by atoms with Gasteiger partial charge in [0.2, 0.25) is 0 Å². The first kappa shape index (κ1) is 15.5. The zero-order valence-corrected chi connectivity index (χ0v) is 14.0. The molecular weight excluding hydrogens is 389 g/mol. The molecule has 2 N–H and O–H groups in total. The van der Waals surface area contributed by atoms with Gasteiger partial charge >= 0.3 is 0 Å². The smallest absolute Gasteiger partial charge is 0.137 e. The van der Waals surface area contributed by atoms with E-state index >= 15 is 0 Å². The molecule has 2 aromatic carbocycles. The molecule has 0 saturated heterocycles. The summed E-state index contributed by atoms with van der Waals surface area (Å²) in [7, 11) is 0. The van der Waals surface area contributed by atoms with E-state index in [1.807, 2.05) is 31.2 Å². The predicted octanol–water partition coefficient (Wildman–Crippen LogP) is 4.95. The van der Waals surface area contributed by atoms with Crippen molar-refractivity contribution in [3.05, 3.63) is 62.3 Å². The van der Waals surface area contributed by atoms with E-state index in [0.717, 1.165) is 15.6 Å². The highest BCUT2D eigenvalue weighted by Gasteiger charge is 2.11. The summed E-state index contributed by atoms with van der Waals surface area (Å²) in [5.41, 5.74) is 7.60. The van der Waals surface area contributed by atoms with E-state index < -0.39 is 0 Å². The average Bonchev–Trinajstić information content (AvgIpc) is 2.41. The molecule has 0 amide bonds. The molecule has 20 heavy (non-hydrogen) atoms. The van der Waals surface area contributed by atoms with Crippen LogP contribution in [0.5, 0.6) is 5.75 Å². The summed E-state index contributed by atoms with van der Waals surface area (Å²) >= 11 is 6.64. The Morgan fingerprint density at radius 2 is 2.00 bits per heavy atom. The van der Waals surface area contributed by atoms with Crippen molar-refractivity contribution in [1.82, 2.24) is 0 Å². The highest BCUT2D eigenvalue weighted by molar-refractivity contribution is 9.10. The van der Waals surface area contributed by atoms with Crippen LogP contribution in [-0.4, -0.2) is 0 Å². The zero-order chi connectivity index (χ0) is 14.7.